The fourth-order valence-corrected chi connectivity index (χ4v) is 6.60. The molecule has 234 valence electrons. The molecule has 3 aromatic rings. The van der Waals surface area contributed by atoms with Crippen molar-refractivity contribution in [2.24, 2.45) is 0 Å². The maximum absolute atomic E-state index is 14.4. The summed E-state index contributed by atoms with van der Waals surface area (Å²) in [5.74, 6) is -2.13. The molecule has 3 amide bonds. The normalized spacial score (nSPS) is 16.8. The SMILES string of the molecule is Nc1c(C(=O)NC2CCCCC2)nsc1C(=O)N(c1cccc(C(F)(F)F)c1)[C@@H](C(=O)NC1CCCC1)c1ccc(O)cc1. The molecule has 13 heteroatoms. The summed E-state index contributed by atoms with van der Waals surface area (Å²) in [5, 5.41) is 15.8. The Bertz CT molecular complexity index is 1500. The highest BCUT2D eigenvalue weighted by atomic mass is 32.1. The highest BCUT2D eigenvalue weighted by Gasteiger charge is 2.39. The van der Waals surface area contributed by atoms with Crippen LogP contribution in [0.1, 0.15) is 95.1 Å². The number of nitrogen functional groups attached to an aromatic ring is 1. The van der Waals surface area contributed by atoms with Crippen molar-refractivity contribution in [1.29, 1.82) is 0 Å². The Kier molecular flexibility index (Phi) is 9.42. The Labute approximate surface area is 256 Å². The lowest BCUT2D eigenvalue weighted by molar-refractivity contribution is -0.137. The smallest absolute Gasteiger partial charge is 0.416 e. The van der Waals surface area contributed by atoms with Crippen LogP contribution in [0.4, 0.5) is 24.5 Å². The summed E-state index contributed by atoms with van der Waals surface area (Å²) in [6.07, 6.45) is 3.24. The number of phenols is 1. The molecule has 2 aliphatic rings. The molecule has 0 aliphatic heterocycles. The number of anilines is 2. The molecule has 44 heavy (non-hydrogen) atoms. The monoisotopic (exact) mass is 629 g/mol. The van der Waals surface area contributed by atoms with Gasteiger partial charge in [-0.15, -0.1) is 0 Å². The first-order chi connectivity index (χ1) is 21.0. The third-order valence-corrected chi connectivity index (χ3v) is 9.02. The van der Waals surface area contributed by atoms with Crippen molar-refractivity contribution in [2.45, 2.75) is 82.1 Å². The first kappa shape index (κ1) is 31.3. The number of halogens is 3. The fourth-order valence-electron chi connectivity index (χ4n) is 5.87. The van der Waals surface area contributed by atoms with Crippen LogP contribution in [-0.4, -0.2) is 39.3 Å². The number of carbonyl (C=O) groups excluding carboxylic acids is 3. The van der Waals surface area contributed by atoms with E-state index >= 15 is 0 Å². The van der Waals surface area contributed by atoms with Crippen LogP contribution in [-0.2, 0) is 11.0 Å². The van der Waals surface area contributed by atoms with Gasteiger partial charge in [0.15, 0.2) is 5.69 Å². The fraction of sp³-hybridized carbons (Fsp3) is 0.419. The van der Waals surface area contributed by atoms with Crippen molar-refractivity contribution in [3.8, 4) is 5.75 Å². The highest BCUT2D eigenvalue weighted by molar-refractivity contribution is 7.09. The van der Waals surface area contributed by atoms with Crippen molar-refractivity contribution < 1.29 is 32.7 Å². The average Bonchev–Trinajstić information content (AvgIpc) is 3.65. The third-order valence-electron chi connectivity index (χ3n) is 8.17. The third kappa shape index (κ3) is 6.98. The Morgan fingerprint density at radius 3 is 2.18 bits per heavy atom. The zero-order valence-corrected chi connectivity index (χ0v) is 24.7. The van der Waals surface area contributed by atoms with E-state index in [1.165, 1.54) is 30.3 Å². The number of hydrogen-bond acceptors (Lipinski definition) is 7. The number of alkyl halides is 3. The number of hydrogen-bond donors (Lipinski definition) is 4. The molecule has 1 heterocycles. The lowest BCUT2D eigenvalue weighted by Gasteiger charge is -2.32. The van der Waals surface area contributed by atoms with E-state index in [4.69, 9.17) is 5.73 Å². The number of nitrogens with one attached hydrogen (secondary N) is 2. The first-order valence-corrected chi connectivity index (χ1v) is 15.5. The summed E-state index contributed by atoms with van der Waals surface area (Å²) in [4.78, 5) is 42.1. The lowest BCUT2D eigenvalue weighted by atomic mass is 9.95. The number of aromatic nitrogens is 1. The molecule has 0 spiro atoms. The van der Waals surface area contributed by atoms with Gasteiger partial charge in [0.25, 0.3) is 11.8 Å². The molecule has 1 aromatic heterocycles. The summed E-state index contributed by atoms with van der Waals surface area (Å²) >= 11 is 0.646. The van der Waals surface area contributed by atoms with Crippen molar-refractivity contribution >= 4 is 40.6 Å². The topological polar surface area (TPSA) is 138 Å². The minimum Gasteiger partial charge on any atom is -0.508 e. The quantitative estimate of drug-likeness (QED) is 0.243. The van der Waals surface area contributed by atoms with Crippen LogP contribution in [0.25, 0.3) is 0 Å². The van der Waals surface area contributed by atoms with Crippen LogP contribution in [0.2, 0.25) is 0 Å². The predicted octanol–water partition coefficient (Wildman–Crippen LogP) is 5.96. The van der Waals surface area contributed by atoms with E-state index in [0.29, 0.717) is 11.5 Å². The molecule has 0 bridgehead atoms. The molecule has 2 aliphatic carbocycles. The summed E-state index contributed by atoms with van der Waals surface area (Å²) in [7, 11) is 0. The molecule has 5 N–H and O–H groups in total. The maximum atomic E-state index is 14.4. The second kappa shape index (κ2) is 13.2. The van der Waals surface area contributed by atoms with Crippen molar-refractivity contribution in [3.63, 3.8) is 0 Å². The minimum atomic E-state index is -4.72. The van der Waals surface area contributed by atoms with Crippen LogP contribution < -0.4 is 21.3 Å². The second-order valence-electron chi connectivity index (χ2n) is 11.3. The van der Waals surface area contributed by atoms with E-state index in [2.05, 4.69) is 15.0 Å². The average molecular weight is 630 g/mol. The van der Waals surface area contributed by atoms with E-state index in [-0.39, 0.29) is 45.3 Å². The van der Waals surface area contributed by atoms with Crippen LogP contribution in [0.5, 0.6) is 5.75 Å². The standard InChI is InChI=1S/C31H34F3N5O4S/c32-31(33,34)19-7-6-12-22(17-19)39(26(18-13-15-23(40)16-14-18)29(42)37-21-10-4-5-11-21)30(43)27-24(35)25(38-44-27)28(41)36-20-8-2-1-3-9-20/h6-7,12-17,20-21,26,40H,1-5,8-11,35H2,(H,36,41)(H,37,42)/t26-/m1/s1. The van der Waals surface area contributed by atoms with Crippen LogP contribution in [0.3, 0.4) is 0 Å². The van der Waals surface area contributed by atoms with Gasteiger partial charge in [-0.3, -0.25) is 19.3 Å². The van der Waals surface area contributed by atoms with E-state index < -0.39 is 35.5 Å². The van der Waals surface area contributed by atoms with E-state index in [1.807, 2.05) is 0 Å². The summed E-state index contributed by atoms with van der Waals surface area (Å²) in [5.41, 5.74) is 4.99. The van der Waals surface area contributed by atoms with Crippen molar-refractivity contribution in [3.05, 3.63) is 70.2 Å². The summed E-state index contributed by atoms with van der Waals surface area (Å²) in [6.45, 7) is 0. The molecule has 2 fully saturated rings. The zero-order valence-electron chi connectivity index (χ0n) is 23.9. The van der Waals surface area contributed by atoms with Crippen LogP contribution in [0, 0.1) is 0 Å². The van der Waals surface area contributed by atoms with Crippen molar-refractivity contribution in [2.75, 3.05) is 10.6 Å². The van der Waals surface area contributed by atoms with E-state index in [9.17, 15) is 32.7 Å². The van der Waals surface area contributed by atoms with Gasteiger partial charge in [0, 0.05) is 17.8 Å². The summed E-state index contributed by atoms with van der Waals surface area (Å²) < 4.78 is 45.6. The van der Waals surface area contributed by atoms with Gasteiger partial charge < -0.3 is 21.5 Å². The molecular weight excluding hydrogens is 595 g/mol. The van der Waals surface area contributed by atoms with Crippen LogP contribution in [0.15, 0.2) is 48.5 Å². The number of nitrogens with two attached hydrogens (primary N) is 1. The van der Waals surface area contributed by atoms with Gasteiger partial charge in [-0.1, -0.05) is 50.3 Å². The molecule has 0 unspecified atom stereocenters. The molecule has 5 rings (SSSR count). The maximum Gasteiger partial charge on any atom is 0.416 e. The lowest BCUT2D eigenvalue weighted by Crippen LogP contribution is -2.46. The van der Waals surface area contributed by atoms with Crippen LogP contribution >= 0.6 is 11.5 Å². The molecule has 0 radical (unpaired) electrons. The Morgan fingerprint density at radius 2 is 1.55 bits per heavy atom. The number of amides is 3. The number of benzene rings is 2. The second-order valence-corrected chi connectivity index (χ2v) is 12.1. The van der Waals surface area contributed by atoms with E-state index in [1.54, 1.807) is 0 Å². The molecule has 2 aromatic carbocycles. The zero-order chi connectivity index (χ0) is 31.4. The Balaban J connectivity index is 1.57. The van der Waals surface area contributed by atoms with Gasteiger partial charge in [0.2, 0.25) is 5.91 Å². The summed E-state index contributed by atoms with van der Waals surface area (Å²) in [6, 6.07) is 7.99. The largest absolute Gasteiger partial charge is 0.508 e. The van der Waals surface area contributed by atoms with Gasteiger partial charge in [0.1, 0.15) is 16.7 Å². The first-order valence-electron chi connectivity index (χ1n) is 14.7. The minimum absolute atomic E-state index is 0.0451. The van der Waals surface area contributed by atoms with Gasteiger partial charge in [-0.2, -0.15) is 17.5 Å². The number of carbonyl (C=O) groups is 3. The molecule has 0 saturated heterocycles. The van der Waals surface area contributed by atoms with Gasteiger partial charge in [-0.05, 0) is 73.1 Å². The van der Waals surface area contributed by atoms with Gasteiger partial charge in [0.05, 0.1) is 11.3 Å². The number of nitrogens with zero attached hydrogens (tertiary/aromatic N) is 2. The highest BCUT2D eigenvalue weighted by Crippen LogP contribution is 2.37. The van der Waals surface area contributed by atoms with Gasteiger partial charge in [-0.25, -0.2) is 0 Å². The predicted molar refractivity (Wildman–Crippen MR) is 160 cm³/mol. The number of rotatable bonds is 8. The number of phenolic OH excluding ortho intramolecular Hbond substituents is 1. The van der Waals surface area contributed by atoms with Crippen molar-refractivity contribution in [1.82, 2.24) is 15.0 Å². The molecular formula is C31H34F3N5O4S. The number of aromatic hydroxyl groups is 1. The van der Waals surface area contributed by atoms with E-state index in [0.717, 1.165) is 80.9 Å². The van der Waals surface area contributed by atoms with Gasteiger partial charge >= 0.3 is 6.18 Å². The Hall–Kier alpha value is -4.13. The molecule has 2 saturated carbocycles. The molecule has 9 nitrogen and oxygen atoms in total. The molecule has 1 atom stereocenters. The Morgan fingerprint density at radius 1 is 0.932 bits per heavy atom.